The highest BCUT2D eigenvalue weighted by atomic mass is 33.1. The lowest BCUT2D eigenvalue weighted by Crippen LogP contribution is -2.41. The molecule has 0 aliphatic heterocycles. The number of carbonyl (C=O) groups excluding carboxylic acids is 2. The van der Waals surface area contributed by atoms with E-state index >= 15 is 0 Å². The summed E-state index contributed by atoms with van der Waals surface area (Å²) in [5, 5.41) is 5.92. The molecule has 0 aromatic rings. The van der Waals surface area contributed by atoms with Crippen LogP contribution >= 0.6 is 21.6 Å². The smallest absolute Gasteiger partial charge is 0.220 e. The van der Waals surface area contributed by atoms with Crippen molar-refractivity contribution in [2.45, 2.75) is 92.3 Å². The van der Waals surface area contributed by atoms with E-state index in [4.69, 9.17) is 9.47 Å². The Morgan fingerprint density at radius 2 is 1.06 bits per heavy atom. The van der Waals surface area contributed by atoms with E-state index in [0.29, 0.717) is 51.0 Å². The Hall–Kier alpha value is -0.440. The summed E-state index contributed by atoms with van der Waals surface area (Å²) in [5.41, 5.74) is -0.707. The summed E-state index contributed by atoms with van der Waals surface area (Å²) < 4.78 is 11.7. The van der Waals surface area contributed by atoms with Crippen LogP contribution in [0.3, 0.4) is 0 Å². The van der Waals surface area contributed by atoms with E-state index in [2.05, 4.69) is 38.3 Å². The van der Waals surface area contributed by atoms with Gasteiger partial charge in [0.15, 0.2) is 0 Å². The predicted molar refractivity (Wildman–Crippen MR) is 139 cm³/mol. The Kier molecular flexibility index (Phi) is 16.8. The summed E-state index contributed by atoms with van der Waals surface area (Å²) in [6.45, 7) is 19.1. The summed E-state index contributed by atoms with van der Waals surface area (Å²) in [4.78, 5) is 24.1. The minimum atomic E-state index is -0.353. The van der Waals surface area contributed by atoms with Crippen LogP contribution in [-0.4, -0.2) is 60.8 Å². The van der Waals surface area contributed by atoms with Crippen LogP contribution in [0.5, 0.6) is 0 Å². The highest BCUT2D eigenvalue weighted by Crippen LogP contribution is 2.22. The van der Waals surface area contributed by atoms with Crippen LogP contribution in [0.1, 0.15) is 81.1 Å². The van der Waals surface area contributed by atoms with Crippen molar-refractivity contribution in [3.8, 4) is 0 Å². The standard InChI is InChI=1S/C24H48N2O4S2/c1-19(2)9-13-29-23(5,6)17-25-21(27)11-15-31-32-16-12-22(28)26-18-24(7,8)30-14-10-20(3)4/h19-20H,9-18H2,1-8H3,(H,25,27)(H,26,28). The van der Waals surface area contributed by atoms with E-state index in [0.717, 1.165) is 24.3 Å². The maximum Gasteiger partial charge on any atom is 0.220 e. The van der Waals surface area contributed by atoms with Crippen LogP contribution < -0.4 is 10.6 Å². The van der Waals surface area contributed by atoms with Gasteiger partial charge in [-0.05, 0) is 52.4 Å². The van der Waals surface area contributed by atoms with Crippen molar-refractivity contribution in [3.05, 3.63) is 0 Å². The molecule has 0 bridgehead atoms. The zero-order valence-corrected chi connectivity index (χ0v) is 23.3. The van der Waals surface area contributed by atoms with Crippen LogP contribution in [0, 0.1) is 11.8 Å². The largest absolute Gasteiger partial charge is 0.374 e. The average molecular weight is 493 g/mol. The molecule has 0 radical (unpaired) electrons. The molecule has 0 rings (SSSR count). The molecule has 0 fully saturated rings. The number of hydrogen-bond donors (Lipinski definition) is 2. The number of rotatable bonds is 19. The highest BCUT2D eigenvalue weighted by molar-refractivity contribution is 8.76. The molecule has 0 atom stereocenters. The molecule has 0 aromatic carbocycles. The normalized spacial score (nSPS) is 12.4. The Balaban J connectivity index is 3.76. The Labute approximate surface area is 204 Å². The number of nitrogens with one attached hydrogen (secondary N) is 2. The third-order valence-electron chi connectivity index (χ3n) is 4.71. The second kappa shape index (κ2) is 17.1. The van der Waals surface area contributed by atoms with E-state index < -0.39 is 0 Å². The first kappa shape index (κ1) is 31.6. The van der Waals surface area contributed by atoms with Crippen molar-refractivity contribution in [2.75, 3.05) is 37.8 Å². The first-order valence-electron chi connectivity index (χ1n) is 11.9. The molecule has 0 unspecified atom stereocenters. The molecule has 6 nitrogen and oxygen atoms in total. The molecule has 0 saturated heterocycles. The minimum absolute atomic E-state index is 0.0380. The van der Waals surface area contributed by atoms with Gasteiger partial charge in [0.2, 0.25) is 11.8 Å². The maximum atomic E-state index is 12.0. The average Bonchev–Trinajstić information content (AvgIpc) is 2.66. The van der Waals surface area contributed by atoms with Crippen molar-refractivity contribution in [2.24, 2.45) is 11.8 Å². The van der Waals surface area contributed by atoms with Gasteiger partial charge in [-0.25, -0.2) is 0 Å². The molecule has 0 aliphatic rings. The molecule has 0 heterocycles. The van der Waals surface area contributed by atoms with Gasteiger partial charge in [0, 0.05) is 50.7 Å². The van der Waals surface area contributed by atoms with E-state index in [1.807, 2.05) is 27.7 Å². The maximum absolute atomic E-state index is 12.0. The van der Waals surface area contributed by atoms with Crippen molar-refractivity contribution >= 4 is 33.4 Å². The summed E-state index contributed by atoms with van der Waals surface area (Å²) >= 11 is 0. The molecular weight excluding hydrogens is 444 g/mol. The lowest BCUT2D eigenvalue weighted by Gasteiger charge is -2.26. The van der Waals surface area contributed by atoms with Crippen LogP contribution in [0.15, 0.2) is 0 Å². The molecule has 2 N–H and O–H groups in total. The molecule has 0 spiro atoms. The second-order valence-corrected chi connectivity index (χ2v) is 13.0. The fourth-order valence-corrected chi connectivity index (χ4v) is 4.41. The Morgan fingerprint density at radius 3 is 1.38 bits per heavy atom. The third-order valence-corrected chi connectivity index (χ3v) is 7.12. The molecule has 32 heavy (non-hydrogen) atoms. The first-order valence-corrected chi connectivity index (χ1v) is 14.4. The van der Waals surface area contributed by atoms with Gasteiger partial charge in [0.1, 0.15) is 0 Å². The molecule has 2 amide bonds. The van der Waals surface area contributed by atoms with E-state index in [9.17, 15) is 9.59 Å². The second-order valence-electron chi connectivity index (χ2n) is 10.3. The third kappa shape index (κ3) is 20.2. The summed E-state index contributed by atoms with van der Waals surface area (Å²) in [7, 11) is 3.26. The van der Waals surface area contributed by atoms with Gasteiger partial charge in [0.05, 0.1) is 11.2 Å². The first-order chi connectivity index (χ1) is 14.8. The number of amides is 2. The van der Waals surface area contributed by atoms with Crippen molar-refractivity contribution in [1.29, 1.82) is 0 Å². The molecule has 0 aliphatic carbocycles. The van der Waals surface area contributed by atoms with Crippen LogP contribution in [0.25, 0.3) is 0 Å². The fraction of sp³-hybridized carbons (Fsp3) is 0.917. The molecule has 0 saturated carbocycles. The monoisotopic (exact) mass is 492 g/mol. The van der Waals surface area contributed by atoms with E-state index in [1.165, 1.54) is 0 Å². The zero-order chi connectivity index (χ0) is 24.6. The topological polar surface area (TPSA) is 76.7 Å². The molecular formula is C24H48N2O4S2. The number of hydrogen-bond acceptors (Lipinski definition) is 6. The van der Waals surface area contributed by atoms with Gasteiger partial charge in [0.25, 0.3) is 0 Å². The predicted octanol–water partition coefficient (Wildman–Crippen LogP) is 5.06. The summed E-state index contributed by atoms with van der Waals surface area (Å²) in [5.74, 6) is 2.75. The number of carbonyl (C=O) groups is 2. The van der Waals surface area contributed by atoms with Crippen LogP contribution in [-0.2, 0) is 19.1 Å². The molecule has 190 valence electrons. The van der Waals surface area contributed by atoms with Crippen LogP contribution in [0.4, 0.5) is 0 Å². The lowest BCUT2D eigenvalue weighted by atomic mass is 10.1. The lowest BCUT2D eigenvalue weighted by molar-refractivity contribution is -0.123. The van der Waals surface area contributed by atoms with Gasteiger partial charge in [-0.3, -0.25) is 9.59 Å². The van der Waals surface area contributed by atoms with Crippen molar-refractivity contribution in [1.82, 2.24) is 10.6 Å². The Morgan fingerprint density at radius 1 is 0.719 bits per heavy atom. The van der Waals surface area contributed by atoms with Gasteiger partial charge in [-0.15, -0.1) is 0 Å². The highest BCUT2D eigenvalue weighted by Gasteiger charge is 2.20. The van der Waals surface area contributed by atoms with E-state index in [-0.39, 0.29) is 23.0 Å². The summed E-state index contributed by atoms with van der Waals surface area (Å²) in [6, 6.07) is 0. The molecule has 8 heteroatoms. The summed E-state index contributed by atoms with van der Waals surface area (Å²) in [6.07, 6.45) is 2.97. The van der Waals surface area contributed by atoms with Gasteiger partial charge in [-0.1, -0.05) is 49.3 Å². The van der Waals surface area contributed by atoms with E-state index in [1.54, 1.807) is 21.6 Å². The Bertz CT molecular complexity index is 480. The zero-order valence-electron chi connectivity index (χ0n) is 21.7. The SMILES string of the molecule is CC(C)CCOC(C)(C)CNC(=O)CCSSCCC(=O)NCC(C)(C)OCCC(C)C. The quantitative estimate of drug-likeness (QED) is 0.194. The van der Waals surface area contributed by atoms with Gasteiger partial charge < -0.3 is 20.1 Å². The van der Waals surface area contributed by atoms with Crippen LogP contribution in [0.2, 0.25) is 0 Å². The molecule has 0 aromatic heterocycles. The van der Waals surface area contributed by atoms with Gasteiger partial charge >= 0.3 is 0 Å². The minimum Gasteiger partial charge on any atom is -0.374 e. The van der Waals surface area contributed by atoms with Crippen molar-refractivity contribution < 1.29 is 19.1 Å². The number of ether oxygens (including phenoxy) is 2. The van der Waals surface area contributed by atoms with Gasteiger partial charge in [-0.2, -0.15) is 0 Å². The van der Waals surface area contributed by atoms with Crippen molar-refractivity contribution in [3.63, 3.8) is 0 Å². The fourth-order valence-electron chi connectivity index (χ4n) is 2.43.